The van der Waals surface area contributed by atoms with Crippen molar-refractivity contribution < 1.29 is 13.6 Å². The summed E-state index contributed by atoms with van der Waals surface area (Å²) in [6, 6.07) is 6.76. The van der Waals surface area contributed by atoms with Crippen molar-refractivity contribution in [2.75, 3.05) is 10.6 Å². The third kappa shape index (κ3) is 2.51. The van der Waals surface area contributed by atoms with Crippen molar-refractivity contribution in [3.8, 4) is 0 Å². The highest BCUT2D eigenvalue weighted by atomic mass is 79.9. The maximum absolute atomic E-state index is 13.9. The molecule has 1 amide bonds. The molecule has 108 valence electrons. The van der Waals surface area contributed by atoms with Gasteiger partial charge in [-0.1, -0.05) is 17.7 Å². The molecule has 1 aliphatic heterocycles. The molecule has 2 aromatic carbocycles. The Kier molecular flexibility index (Phi) is 3.41. The molecule has 2 aromatic rings. The number of halogens is 3. The summed E-state index contributed by atoms with van der Waals surface area (Å²) in [5.41, 5.74) is 2.50. The molecule has 1 unspecified atom stereocenters. The van der Waals surface area contributed by atoms with Crippen molar-refractivity contribution in [1.29, 1.82) is 0 Å². The molecule has 3 rings (SSSR count). The lowest BCUT2D eigenvalue weighted by atomic mass is 10.1. The maximum atomic E-state index is 13.9. The van der Waals surface area contributed by atoms with Crippen LogP contribution in [-0.2, 0) is 4.79 Å². The van der Waals surface area contributed by atoms with Crippen LogP contribution in [0.4, 0.5) is 20.2 Å². The van der Waals surface area contributed by atoms with Gasteiger partial charge < -0.3 is 10.6 Å². The molecule has 0 saturated carbocycles. The van der Waals surface area contributed by atoms with Crippen LogP contribution in [-0.4, -0.2) is 5.91 Å². The van der Waals surface area contributed by atoms with Crippen LogP contribution in [0.15, 0.2) is 34.8 Å². The van der Waals surface area contributed by atoms with Crippen molar-refractivity contribution >= 4 is 33.2 Å². The summed E-state index contributed by atoms with van der Waals surface area (Å²) in [5, 5.41) is 5.57. The van der Waals surface area contributed by atoms with Crippen molar-refractivity contribution in [1.82, 2.24) is 0 Å². The van der Waals surface area contributed by atoms with Gasteiger partial charge in [0.1, 0.15) is 17.7 Å². The molecule has 1 aliphatic rings. The first-order chi connectivity index (χ1) is 9.95. The van der Waals surface area contributed by atoms with E-state index in [2.05, 4.69) is 26.6 Å². The number of rotatable bonds is 2. The van der Waals surface area contributed by atoms with E-state index < -0.39 is 17.7 Å². The number of anilines is 2. The molecule has 1 heterocycles. The molecular formula is C15H11BrF2N2O. The van der Waals surface area contributed by atoms with Crippen LogP contribution in [0.5, 0.6) is 0 Å². The molecule has 1 atom stereocenters. The highest BCUT2D eigenvalue weighted by molar-refractivity contribution is 9.10. The Morgan fingerprint density at radius 3 is 2.71 bits per heavy atom. The monoisotopic (exact) mass is 352 g/mol. The minimum absolute atomic E-state index is 0.0610. The largest absolute Gasteiger partial charge is 0.367 e. The molecular weight excluding hydrogens is 342 g/mol. The molecule has 0 spiro atoms. The Balaban J connectivity index is 2.00. The van der Waals surface area contributed by atoms with E-state index in [0.29, 0.717) is 5.69 Å². The fraction of sp³-hybridized carbons (Fsp3) is 0.133. The molecule has 0 saturated heterocycles. The molecule has 0 aromatic heterocycles. The van der Waals surface area contributed by atoms with E-state index in [1.807, 2.05) is 19.1 Å². The molecule has 0 aliphatic carbocycles. The van der Waals surface area contributed by atoms with Gasteiger partial charge in [0, 0.05) is 21.8 Å². The van der Waals surface area contributed by atoms with Crippen molar-refractivity contribution in [2.24, 2.45) is 0 Å². The second-order valence-corrected chi connectivity index (χ2v) is 5.76. The van der Waals surface area contributed by atoms with Crippen molar-refractivity contribution in [3.63, 3.8) is 0 Å². The first-order valence-corrected chi connectivity index (χ1v) is 7.07. The topological polar surface area (TPSA) is 41.1 Å². The summed E-state index contributed by atoms with van der Waals surface area (Å²) in [7, 11) is 0. The Morgan fingerprint density at radius 2 is 2.00 bits per heavy atom. The lowest BCUT2D eigenvalue weighted by Gasteiger charge is -2.15. The Hall–Kier alpha value is -1.95. The molecule has 6 heteroatoms. The fourth-order valence-corrected chi connectivity index (χ4v) is 2.87. The number of carbonyl (C=O) groups is 1. The molecule has 0 fully saturated rings. The van der Waals surface area contributed by atoms with E-state index in [1.54, 1.807) is 6.07 Å². The third-order valence-corrected chi connectivity index (χ3v) is 3.96. The number of benzene rings is 2. The van der Waals surface area contributed by atoms with E-state index in [-0.39, 0.29) is 16.1 Å². The number of nitrogens with one attached hydrogen (secondary N) is 2. The molecule has 21 heavy (non-hydrogen) atoms. The van der Waals surface area contributed by atoms with Crippen LogP contribution in [0.25, 0.3) is 0 Å². The number of amides is 1. The summed E-state index contributed by atoms with van der Waals surface area (Å²) in [4.78, 5) is 12.1. The molecule has 0 radical (unpaired) electrons. The summed E-state index contributed by atoms with van der Waals surface area (Å²) >= 11 is 3.11. The molecule has 0 bridgehead atoms. The number of carbonyl (C=O) groups excluding carboxylic acids is 1. The minimum Gasteiger partial charge on any atom is -0.367 e. The zero-order valence-corrected chi connectivity index (χ0v) is 12.6. The normalized spacial score (nSPS) is 16.6. The van der Waals surface area contributed by atoms with Gasteiger partial charge in [0.15, 0.2) is 0 Å². The summed E-state index contributed by atoms with van der Waals surface area (Å²) < 4.78 is 27.2. The summed E-state index contributed by atoms with van der Waals surface area (Å²) in [5.74, 6) is -1.71. The van der Waals surface area contributed by atoms with Gasteiger partial charge in [0.05, 0.1) is 5.69 Å². The van der Waals surface area contributed by atoms with Gasteiger partial charge in [-0.3, -0.25) is 4.79 Å². The van der Waals surface area contributed by atoms with E-state index in [4.69, 9.17) is 0 Å². The fourth-order valence-electron chi connectivity index (χ4n) is 2.35. The van der Waals surface area contributed by atoms with Gasteiger partial charge >= 0.3 is 0 Å². The average Bonchev–Trinajstić information content (AvgIpc) is 2.69. The maximum Gasteiger partial charge on any atom is 0.251 e. The van der Waals surface area contributed by atoms with E-state index in [9.17, 15) is 13.6 Å². The van der Waals surface area contributed by atoms with Crippen LogP contribution >= 0.6 is 15.9 Å². The second-order valence-electron chi connectivity index (χ2n) is 4.90. The van der Waals surface area contributed by atoms with Crippen LogP contribution in [0, 0.1) is 18.6 Å². The Morgan fingerprint density at radius 1 is 1.24 bits per heavy atom. The lowest BCUT2D eigenvalue weighted by Crippen LogP contribution is -2.20. The summed E-state index contributed by atoms with van der Waals surface area (Å²) in [6.45, 7) is 1.91. The molecule has 2 N–H and O–H groups in total. The van der Waals surface area contributed by atoms with E-state index in [1.165, 1.54) is 0 Å². The van der Waals surface area contributed by atoms with Crippen LogP contribution in [0.3, 0.4) is 0 Å². The first-order valence-electron chi connectivity index (χ1n) is 6.28. The molecule has 3 nitrogen and oxygen atoms in total. The number of hydrogen-bond acceptors (Lipinski definition) is 2. The minimum atomic E-state index is -0.754. The Bertz CT molecular complexity index is 725. The van der Waals surface area contributed by atoms with Crippen molar-refractivity contribution in [2.45, 2.75) is 13.0 Å². The smallest absolute Gasteiger partial charge is 0.251 e. The predicted octanol–water partition coefficient (Wildman–Crippen LogP) is 4.14. The van der Waals surface area contributed by atoms with Gasteiger partial charge in [-0.25, -0.2) is 8.78 Å². The standard InChI is InChI=1S/C15H11BrF2N2O/c1-7-2-3-12-9(4-7)13(15(21)19-12)20-14-10(16)5-8(17)6-11(14)18/h2-6,13,20H,1H3,(H,19,21). The van der Waals surface area contributed by atoms with Gasteiger partial charge in [-0.05, 0) is 35.0 Å². The van der Waals surface area contributed by atoms with E-state index in [0.717, 1.165) is 23.3 Å². The van der Waals surface area contributed by atoms with E-state index >= 15 is 0 Å². The van der Waals surface area contributed by atoms with Crippen molar-refractivity contribution in [3.05, 3.63) is 57.6 Å². The SMILES string of the molecule is Cc1ccc2c(c1)C(Nc1c(F)cc(F)cc1Br)C(=O)N2. The average molecular weight is 353 g/mol. The van der Waals surface area contributed by atoms with Gasteiger partial charge in [-0.2, -0.15) is 0 Å². The Labute approximate surface area is 128 Å². The third-order valence-electron chi connectivity index (χ3n) is 3.33. The summed E-state index contributed by atoms with van der Waals surface area (Å²) in [6.07, 6.45) is 0. The second kappa shape index (κ2) is 5.11. The zero-order chi connectivity index (χ0) is 15.1. The number of hydrogen-bond donors (Lipinski definition) is 2. The first kappa shape index (κ1) is 14.0. The zero-order valence-electron chi connectivity index (χ0n) is 11.0. The highest BCUT2D eigenvalue weighted by Gasteiger charge is 2.31. The van der Waals surface area contributed by atoms with Gasteiger partial charge in [0.2, 0.25) is 0 Å². The quantitative estimate of drug-likeness (QED) is 0.852. The lowest BCUT2D eigenvalue weighted by molar-refractivity contribution is -0.116. The van der Waals surface area contributed by atoms with Crippen LogP contribution < -0.4 is 10.6 Å². The highest BCUT2D eigenvalue weighted by Crippen LogP contribution is 2.36. The van der Waals surface area contributed by atoms with Crippen LogP contribution in [0.1, 0.15) is 17.2 Å². The number of aryl methyl sites for hydroxylation is 1. The number of fused-ring (bicyclic) bond motifs is 1. The predicted molar refractivity (Wildman–Crippen MR) is 80.2 cm³/mol. The van der Waals surface area contributed by atoms with Gasteiger partial charge in [-0.15, -0.1) is 0 Å². The van der Waals surface area contributed by atoms with Crippen LogP contribution in [0.2, 0.25) is 0 Å². The van der Waals surface area contributed by atoms with Gasteiger partial charge in [0.25, 0.3) is 5.91 Å².